The van der Waals surface area contributed by atoms with Crippen LogP contribution < -0.4 is 5.32 Å². The predicted octanol–water partition coefficient (Wildman–Crippen LogP) is 3.77. The molecule has 1 unspecified atom stereocenters. The summed E-state index contributed by atoms with van der Waals surface area (Å²) < 4.78 is 13.0. The van der Waals surface area contributed by atoms with Crippen molar-refractivity contribution in [3.63, 3.8) is 0 Å². The lowest BCUT2D eigenvalue weighted by atomic mass is 10.1. The summed E-state index contributed by atoms with van der Waals surface area (Å²) in [6.45, 7) is 2.85. The smallest absolute Gasteiger partial charge is 0.124 e. The van der Waals surface area contributed by atoms with Crippen molar-refractivity contribution in [3.05, 3.63) is 64.7 Å². The maximum Gasteiger partial charge on any atom is 0.124 e. The third-order valence-corrected chi connectivity index (χ3v) is 3.37. The molecule has 19 heavy (non-hydrogen) atoms. The number of nitrogens with zero attached hydrogens (tertiary/aromatic N) is 1. The number of hydrogen-bond donors (Lipinski definition) is 1. The monoisotopic (exact) mass is 278 g/mol. The first-order chi connectivity index (χ1) is 9.16. The summed E-state index contributed by atoms with van der Waals surface area (Å²) in [5.41, 5.74) is 2.15. The second-order valence-electron chi connectivity index (χ2n) is 4.45. The highest BCUT2D eigenvalue weighted by Gasteiger charge is 2.09. The molecule has 1 atom stereocenters. The summed E-state index contributed by atoms with van der Waals surface area (Å²) in [4.78, 5) is 3.98. The molecule has 2 rings (SSSR count). The lowest BCUT2D eigenvalue weighted by Gasteiger charge is -2.15. The summed E-state index contributed by atoms with van der Waals surface area (Å²) in [6.07, 6.45) is 4.50. The van der Waals surface area contributed by atoms with Crippen LogP contribution in [0.25, 0.3) is 0 Å². The number of aromatic nitrogens is 1. The SMILES string of the molecule is CC(NCCc1ccncc1)c1ccc(F)cc1Cl. The van der Waals surface area contributed by atoms with E-state index in [0.717, 1.165) is 18.5 Å². The Morgan fingerprint density at radius 2 is 2.00 bits per heavy atom. The summed E-state index contributed by atoms with van der Waals surface area (Å²) in [5.74, 6) is -0.308. The first kappa shape index (κ1) is 14.0. The Hall–Kier alpha value is -1.45. The minimum atomic E-state index is -0.308. The predicted molar refractivity (Wildman–Crippen MR) is 75.8 cm³/mol. The van der Waals surface area contributed by atoms with Gasteiger partial charge in [-0.15, -0.1) is 0 Å². The molecule has 1 aromatic heterocycles. The summed E-state index contributed by atoms with van der Waals surface area (Å²) in [6, 6.07) is 8.59. The number of nitrogens with one attached hydrogen (secondary N) is 1. The normalized spacial score (nSPS) is 12.4. The fourth-order valence-electron chi connectivity index (χ4n) is 1.95. The topological polar surface area (TPSA) is 24.9 Å². The van der Waals surface area contributed by atoms with Crippen molar-refractivity contribution >= 4 is 11.6 Å². The fraction of sp³-hybridized carbons (Fsp3) is 0.267. The van der Waals surface area contributed by atoms with Gasteiger partial charge < -0.3 is 5.32 Å². The van der Waals surface area contributed by atoms with E-state index in [9.17, 15) is 4.39 Å². The quantitative estimate of drug-likeness (QED) is 0.901. The van der Waals surface area contributed by atoms with Crippen molar-refractivity contribution in [2.45, 2.75) is 19.4 Å². The molecule has 0 saturated heterocycles. The first-order valence-electron chi connectivity index (χ1n) is 6.24. The largest absolute Gasteiger partial charge is 0.310 e. The van der Waals surface area contributed by atoms with Gasteiger partial charge in [-0.05, 0) is 55.3 Å². The van der Waals surface area contributed by atoms with Gasteiger partial charge in [0, 0.05) is 23.5 Å². The van der Waals surface area contributed by atoms with Crippen LogP contribution in [0.2, 0.25) is 5.02 Å². The first-order valence-corrected chi connectivity index (χ1v) is 6.62. The van der Waals surface area contributed by atoms with Gasteiger partial charge in [0.2, 0.25) is 0 Å². The van der Waals surface area contributed by atoms with Gasteiger partial charge in [-0.1, -0.05) is 17.7 Å². The third-order valence-electron chi connectivity index (χ3n) is 3.04. The Morgan fingerprint density at radius 1 is 1.26 bits per heavy atom. The van der Waals surface area contributed by atoms with Crippen LogP contribution in [0.5, 0.6) is 0 Å². The van der Waals surface area contributed by atoms with Crippen LogP contribution in [0.4, 0.5) is 4.39 Å². The maximum absolute atomic E-state index is 13.0. The van der Waals surface area contributed by atoms with Gasteiger partial charge in [0.05, 0.1) is 0 Å². The van der Waals surface area contributed by atoms with E-state index < -0.39 is 0 Å². The van der Waals surface area contributed by atoms with Gasteiger partial charge in [0.25, 0.3) is 0 Å². The molecular weight excluding hydrogens is 263 g/mol. The van der Waals surface area contributed by atoms with E-state index in [2.05, 4.69) is 10.3 Å². The van der Waals surface area contributed by atoms with Crippen LogP contribution in [-0.2, 0) is 6.42 Å². The van der Waals surface area contributed by atoms with Crippen LogP contribution in [-0.4, -0.2) is 11.5 Å². The number of halogens is 2. The minimum Gasteiger partial charge on any atom is -0.310 e. The molecule has 0 fully saturated rings. The zero-order valence-corrected chi connectivity index (χ0v) is 11.5. The van der Waals surface area contributed by atoms with Crippen LogP contribution in [0, 0.1) is 5.82 Å². The maximum atomic E-state index is 13.0. The fourth-order valence-corrected chi connectivity index (χ4v) is 2.28. The van der Waals surface area contributed by atoms with E-state index in [-0.39, 0.29) is 11.9 Å². The summed E-state index contributed by atoms with van der Waals surface area (Å²) in [5, 5.41) is 3.84. The van der Waals surface area contributed by atoms with E-state index in [1.165, 1.54) is 17.7 Å². The van der Waals surface area contributed by atoms with Crippen molar-refractivity contribution in [1.82, 2.24) is 10.3 Å². The molecule has 0 aliphatic rings. The van der Waals surface area contributed by atoms with Crippen LogP contribution in [0.3, 0.4) is 0 Å². The number of benzene rings is 1. The molecule has 0 spiro atoms. The molecule has 1 aromatic carbocycles. The Balaban J connectivity index is 1.89. The molecule has 1 heterocycles. The molecule has 1 N–H and O–H groups in total. The van der Waals surface area contributed by atoms with Crippen LogP contribution >= 0.6 is 11.6 Å². The lowest BCUT2D eigenvalue weighted by Crippen LogP contribution is -2.21. The number of rotatable bonds is 5. The third kappa shape index (κ3) is 4.01. The lowest BCUT2D eigenvalue weighted by molar-refractivity contribution is 0.573. The molecule has 100 valence electrons. The highest BCUT2D eigenvalue weighted by Crippen LogP contribution is 2.23. The van der Waals surface area contributed by atoms with Gasteiger partial charge in [-0.25, -0.2) is 4.39 Å². The summed E-state index contributed by atoms with van der Waals surface area (Å²) in [7, 11) is 0. The van der Waals surface area contributed by atoms with Crippen LogP contribution in [0.15, 0.2) is 42.7 Å². The molecule has 0 saturated carbocycles. The standard InChI is InChI=1S/C15H16ClFN2/c1-11(14-3-2-13(17)10-15(14)16)19-9-6-12-4-7-18-8-5-12/h2-5,7-8,10-11,19H,6,9H2,1H3. The van der Waals surface area contributed by atoms with Gasteiger partial charge >= 0.3 is 0 Å². The second kappa shape index (κ2) is 6.64. The summed E-state index contributed by atoms with van der Waals surface area (Å²) >= 11 is 6.03. The molecule has 0 aliphatic heterocycles. The van der Waals surface area contributed by atoms with E-state index >= 15 is 0 Å². The molecule has 0 bridgehead atoms. The molecule has 0 radical (unpaired) electrons. The van der Waals surface area contributed by atoms with Crippen molar-refractivity contribution in [2.24, 2.45) is 0 Å². The Labute approximate surface area is 117 Å². The average Bonchev–Trinajstić information content (AvgIpc) is 2.39. The Morgan fingerprint density at radius 3 is 2.68 bits per heavy atom. The van der Waals surface area contributed by atoms with E-state index in [4.69, 9.17) is 11.6 Å². The highest BCUT2D eigenvalue weighted by molar-refractivity contribution is 6.31. The van der Waals surface area contributed by atoms with Crippen LogP contribution in [0.1, 0.15) is 24.1 Å². The van der Waals surface area contributed by atoms with Crippen molar-refractivity contribution in [1.29, 1.82) is 0 Å². The second-order valence-corrected chi connectivity index (χ2v) is 4.85. The van der Waals surface area contributed by atoms with Gasteiger partial charge in [-0.3, -0.25) is 4.98 Å². The molecular formula is C15H16ClFN2. The van der Waals surface area contributed by atoms with E-state index in [1.807, 2.05) is 19.1 Å². The number of hydrogen-bond acceptors (Lipinski definition) is 2. The van der Waals surface area contributed by atoms with Crippen molar-refractivity contribution < 1.29 is 4.39 Å². The van der Waals surface area contributed by atoms with Gasteiger partial charge in [0.15, 0.2) is 0 Å². The van der Waals surface area contributed by atoms with E-state index in [0.29, 0.717) is 5.02 Å². The molecule has 2 aromatic rings. The molecule has 4 heteroatoms. The zero-order valence-electron chi connectivity index (χ0n) is 10.7. The minimum absolute atomic E-state index is 0.0925. The molecule has 2 nitrogen and oxygen atoms in total. The Bertz CT molecular complexity index is 531. The molecule has 0 amide bonds. The van der Waals surface area contributed by atoms with E-state index in [1.54, 1.807) is 18.5 Å². The number of pyridine rings is 1. The molecule has 0 aliphatic carbocycles. The van der Waals surface area contributed by atoms with Crippen molar-refractivity contribution in [2.75, 3.05) is 6.54 Å². The zero-order chi connectivity index (χ0) is 13.7. The average molecular weight is 279 g/mol. The highest BCUT2D eigenvalue weighted by atomic mass is 35.5. The van der Waals surface area contributed by atoms with Crippen molar-refractivity contribution in [3.8, 4) is 0 Å². The Kier molecular flexibility index (Phi) is 4.88. The van der Waals surface area contributed by atoms with Gasteiger partial charge in [0.1, 0.15) is 5.82 Å². The van der Waals surface area contributed by atoms with Gasteiger partial charge in [-0.2, -0.15) is 0 Å².